The summed E-state index contributed by atoms with van der Waals surface area (Å²) in [6.45, 7) is 13.5. The summed E-state index contributed by atoms with van der Waals surface area (Å²) in [5.41, 5.74) is 9.19. The molecule has 0 heterocycles. The van der Waals surface area contributed by atoms with Gasteiger partial charge in [0.1, 0.15) is 23.0 Å². The molecule has 0 atom stereocenters. The molecule has 294 valence electrons. The van der Waals surface area contributed by atoms with E-state index in [1.807, 2.05) is 64.1 Å². The zero-order chi connectivity index (χ0) is 41.7. The maximum atomic E-state index is 13.2. The highest BCUT2D eigenvalue weighted by molar-refractivity contribution is 5.97. The number of benzene rings is 6. The average Bonchev–Trinajstić information content (AvgIpc) is 3.19. The number of Topliss-reactive ketones (excluding diaryl/α,β-unsaturated/α-hetero) is 1. The van der Waals surface area contributed by atoms with Crippen molar-refractivity contribution in [3.8, 4) is 23.0 Å². The van der Waals surface area contributed by atoms with Crippen LogP contribution in [0, 0.1) is 27.7 Å². The second-order valence-corrected chi connectivity index (χ2v) is 15.1. The summed E-state index contributed by atoms with van der Waals surface area (Å²) in [6.07, 6.45) is 0.737. The van der Waals surface area contributed by atoms with Gasteiger partial charge in [0.25, 0.3) is 0 Å². The zero-order valence-corrected chi connectivity index (χ0v) is 34.0. The van der Waals surface area contributed by atoms with E-state index < -0.39 is 23.3 Å². The number of rotatable bonds is 12. The number of ketones is 1. The highest BCUT2D eigenvalue weighted by atomic mass is 16.5. The predicted octanol–water partition coefficient (Wildman–Crippen LogP) is 10.7. The Morgan fingerprint density at radius 3 is 1.14 bits per heavy atom. The quantitative estimate of drug-likeness (QED) is 0.0687. The van der Waals surface area contributed by atoms with Crippen LogP contribution in [0.5, 0.6) is 23.0 Å². The molecule has 8 nitrogen and oxygen atoms in total. The molecule has 6 rings (SSSR count). The fourth-order valence-corrected chi connectivity index (χ4v) is 7.12. The SMILES string of the molecule is COc1c(C)cc(Cc2cc(C)c(OC(=O)c3ccc(C(=O)Oc4ccc(C(C)(C)c5ccc(OC(=O)c6ccc(C(C)=O)cc6)cc5)cc4)cc3)c(C)c2)cc1C. The van der Waals surface area contributed by atoms with Gasteiger partial charge in [0.05, 0.1) is 23.8 Å². The van der Waals surface area contributed by atoms with Crippen molar-refractivity contribution in [2.45, 2.75) is 60.3 Å². The summed E-state index contributed by atoms with van der Waals surface area (Å²) < 4.78 is 22.6. The van der Waals surface area contributed by atoms with Gasteiger partial charge in [-0.05, 0) is 146 Å². The smallest absolute Gasteiger partial charge is 0.343 e. The van der Waals surface area contributed by atoms with Crippen molar-refractivity contribution < 1.29 is 38.1 Å². The first-order valence-corrected chi connectivity index (χ1v) is 19.0. The second kappa shape index (κ2) is 17.1. The zero-order valence-electron chi connectivity index (χ0n) is 34.0. The van der Waals surface area contributed by atoms with E-state index in [0.717, 1.165) is 51.1 Å². The predicted molar refractivity (Wildman–Crippen MR) is 224 cm³/mol. The van der Waals surface area contributed by atoms with Crippen LogP contribution in [0.3, 0.4) is 0 Å². The van der Waals surface area contributed by atoms with Gasteiger partial charge in [-0.25, -0.2) is 14.4 Å². The Hall–Kier alpha value is -6.80. The van der Waals surface area contributed by atoms with Gasteiger partial charge in [-0.3, -0.25) is 4.79 Å². The van der Waals surface area contributed by atoms with Gasteiger partial charge in [0.15, 0.2) is 5.78 Å². The number of methoxy groups -OCH3 is 1. The summed E-state index contributed by atoms with van der Waals surface area (Å²) in [6, 6.07) is 35.5. The molecule has 6 aromatic carbocycles. The lowest BCUT2D eigenvalue weighted by atomic mass is 9.78. The number of carbonyl (C=O) groups is 4. The van der Waals surface area contributed by atoms with Crippen molar-refractivity contribution in [3.63, 3.8) is 0 Å². The third-order valence-corrected chi connectivity index (χ3v) is 10.3. The van der Waals surface area contributed by atoms with Crippen LogP contribution >= 0.6 is 0 Å². The molecule has 0 spiro atoms. The molecule has 0 radical (unpaired) electrons. The second-order valence-electron chi connectivity index (χ2n) is 15.1. The number of aryl methyl sites for hydroxylation is 4. The van der Waals surface area contributed by atoms with E-state index in [2.05, 4.69) is 26.0 Å². The molecule has 0 aliphatic carbocycles. The van der Waals surface area contributed by atoms with E-state index in [1.165, 1.54) is 12.5 Å². The van der Waals surface area contributed by atoms with Gasteiger partial charge in [-0.15, -0.1) is 0 Å². The third kappa shape index (κ3) is 9.24. The van der Waals surface area contributed by atoms with E-state index in [4.69, 9.17) is 18.9 Å². The van der Waals surface area contributed by atoms with Crippen LogP contribution in [0.1, 0.15) is 107 Å². The average molecular weight is 775 g/mol. The topological polar surface area (TPSA) is 105 Å². The molecule has 0 aliphatic heterocycles. The molecule has 0 fully saturated rings. The van der Waals surface area contributed by atoms with E-state index >= 15 is 0 Å². The minimum atomic E-state index is -0.559. The first-order chi connectivity index (χ1) is 27.6. The Labute approximate surface area is 339 Å². The molecule has 0 saturated carbocycles. The Morgan fingerprint density at radius 1 is 0.466 bits per heavy atom. The van der Waals surface area contributed by atoms with Crippen molar-refractivity contribution in [1.82, 2.24) is 0 Å². The molecular formula is C50H46O8. The normalized spacial score (nSPS) is 11.1. The molecule has 0 aromatic heterocycles. The minimum Gasteiger partial charge on any atom is -0.496 e. The maximum absolute atomic E-state index is 13.2. The Bertz CT molecular complexity index is 2450. The first kappa shape index (κ1) is 40.9. The van der Waals surface area contributed by atoms with E-state index in [0.29, 0.717) is 33.9 Å². The molecule has 0 saturated heterocycles. The van der Waals surface area contributed by atoms with Crippen molar-refractivity contribution in [2.75, 3.05) is 7.11 Å². The third-order valence-electron chi connectivity index (χ3n) is 10.3. The maximum Gasteiger partial charge on any atom is 0.343 e. The van der Waals surface area contributed by atoms with Gasteiger partial charge in [0.2, 0.25) is 0 Å². The van der Waals surface area contributed by atoms with Crippen LogP contribution in [-0.2, 0) is 11.8 Å². The molecule has 0 bridgehead atoms. The summed E-state index contributed by atoms with van der Waals surface area (Å²) >= 11 is 0. The molecule has 58 heavy (non-hydrogen) atoms. The number of hydrogen-bond acceptors (Lipinski definition) is 8. The number of hydrogen-bond donors (Lipinski definition) is 0. The van der Waals surface area contributed by atoms with Crippen LogP contribution in [0.25, 0.3) is 0 Å². The standard InChI is InChI=1S/C50H46O8/c1-30-25-35(26-31(2)45(30)55-8)29-36-27-32(3)46(33(4)28-36)58-49(54)40-15-13-39(14-16-40)48(53)57-44-23-19-42(20-24-44)50(6,7)41-17-21-43(22-18-41)56-47(52)38-11-9-37(10-12-38)34(5)51/h9-28H,29H2,1-8H3. The number of esters is 3. The fraction of sp³-hybridized carbons (Fsp3) is 0.200. The monoisotopic (exact) mass is 774 g/mol. The van der Waals surface area contributed by atoms with Gasteiger partial charge in [0, 0.05) is 11.0 Å². The Balaban J connectivity index is 1.04. The minimum absolute atomic E-state index is 0.0758. The Kier molecular flexibility index (Phi) is 12.1. The lowest BCUT2D eigenvalue weighted by molar-refractivity contribution is 0.0719. The van der Waals surface area contributed by atoms with Crippen LogP contribution in [0.15, 0.2) is 121 Å². The Morgan fingerprint density at radius 2 is 0.793 bits per heavy atom. The van der Waals surface area contributed by atoms with Crippen molar-refractivity contribution >= 4 is 23.7 Å². The fourth-order valence-electron chi connectivity index (χ4n) is 7.12. The lowest BCUT2D eigenvalue weighted by Gasteiger charge is -2.26. The van der Waals surface area contributed by atoms with E-state index in [-0.39, 0.29) is 11.3 Å². The van der Waals surface area contributed by atoms with Crippen LogP contribution in [0.4, 0.5) is 0 Å². The van der Waals surface area contributed by atoms with Crippen molar-refractivity contribution in [1.29, 1.82) is 0 Å². The lowest BCUT2D eigenvalue weighted by Crippen LogP contribution is -2.19. The molecule has 6 aromatic rings. The van der Waals surface area contributed by atoms with E-state index in [1.54, 1.807) is 79.9 Å². The van der Waals surface area contributed by atoms with Gasteiger partial charge in [-0.2, -0.15) is 0 Å². The first-order valence-electron chi connectivity index (χ1n) is 19.0. The molecule has 0 N–H and O–H groups in total. The highest BCUT2D eigenvalue weighted by Crippen LogP contribution is 2.34. The number of carbonyl (C=O) groups excluding carboxylic acids is 4. The van der Waals surface area contributed by atoms with Crippen LogP contribution in [-0.4, -0.2) is 30.8 Å². The number of ether oxygens (including phenoxy) is 4. The van der Waals surface area contributed by atoms with Gasteiger partial charge < -0.3 is 18.9 Å². The van der Waals surface area contributed by atoms with Gasteiger partial charge >= 0.3 is 17.9 Å². The molecule has 0 unspecified atom stereocenters. The molecule has 8 heteroatoms. The highest BCUT2D eigenvalue weighted by Gasteiger charge is 2.24. The largest absolute Gasteiger partial charge is 0.496 e. The summed E-state index contributed by atoms with van der Waals surface area (Å²) in [4.78, 5) is 50.4. The molecule has 0 amide bonds. The van der Waals surface area contributed by atoms with Gasteiger partial charge in [-0.1, -0.05) is 74.5 Å². The van der Waals surface area contributed by atoms with E-state index in [9.17, 15) is 19.2 Å². The molecule has 0 aliphatic rings. The van der Waals surface area contributed by atoms with Crippen molar-refractivity contribution in [2.24, 2.45) is 0 Å². The summed E-state index contributed by atoms with van der Waals surface area (Å²) in [7, 11) is 1.68. The summed E-state index contributed by atoms with van der Waals surface area (Å²) in [5, 5.41) is 0. The van der Waals surface area contributed by atoms with Crippen molar-refractivity contribution in [3.05, 3.63) is 188 Å². The summed E-state index contributed by atoms with van der Waals surface area (Å²) in [5.74, 6) is 0.513. The van der Waals surface area contributed by atoms with Crippen LogP contribution in [0.2, 0.25) is 0 Å². The molecular weight excluding hydrogens is 729 g/mol. The van der Waals surface area contributed by atoms with Crippen LogP contribution < -0.4 is 18.9 Å².